The van der Waals surface area contributed by atoms with Crippen LogP contribution in [-0.2, 0) is 9.59 Å². The topological polar surface area (TPSA) is 73.2 Å². The molecule has 1 aliphatic heterocycles. The van der Waals surface area contributed by atoms with E-state index in [1.165, 1.54) is 0 Å². The maximum Gasteiger partial charge on any atom is 0.229 e. The molecule has 1 atom stereocenters. The Labute approximate surface area is 124 Å². The first-order valence-corrected chi connectivity index (χ1v) is 7.08. The number of nitrogens with one attached hydrogen (secondary N) is 1. The number of nitrogens with zero attached hydrogens (tertiary/aromatic N) is 2. The Morgan fingerprint density at radius 3 is 2.67 bits per heavy atom. The van der Waals surface area contributed by atoms with Gasteiger partial charge in [0.1, 0.15) is 0 Å². The minimum atomic E-state index is -0.299. The summed E-state index contributed by atoms with van der Waals surface area (Å²) in [6, 6.07) is 8.72. The van der Waals surface area contributed by atoms with Gasteiger partial charge in [-0.2, -0.15) is 5.26 Å². The molecule has 0 aliphatic carbocycles. The van der Waals surface area contributed by atoms with Gasteiger partial charge in [0.2, 0.25) is 11.8 Å². The number of anilines is 1. The van der Waals surface area contributed by atoms with Crippen LogP contribution < -0.4 is 5.32 Å². The van der Waals surface area contributed by atoms with Crippen molar-refractivity contribution in [3.05, 3.63) is 29.8 Å². The zero-order chi connectivity index (χ0) is 15.4. The normalized spacial score (nSPS) is 17.9. The van der Waals surface area contributed by atoms with Crippen molar-refractivity contribution < 1.29 is 9.59 Å². The Bertz CT molecular complexity index is 572. The highest BCUT2D eigenvalue weighted by Crippen LogP contribution is 2.21. The van der Waals surface area contributed by atoms with E-state index in [0.29, 0.717) is 30.3 Å². The van der Waals surface area contributed by atoms with E-state index in [-0.39, 0.29) is 24.2 Å². The van der Waals surface area contributed by atoms with Crippen molar-refractivity contribution in [2.24, 2.45) is 11.8 Å². The van der Waals surface area contributed by atoms with Crippen molar-refractivity contribution in [1.82, 2.24) is 4.90 Å². The summed E-state index contributed by atoms with van der Waals surface area (Å²) in [6.07, 6.45) is 0.273. The average Bonchev–Trinajstić information content (AvgIpc) is 2.80. The highest BCUT2D eigenvalue weighted by atomic mass is 16.2. The van der Waals surface area contributed by atoms with Crippen LogP contribution >= 0.6 is 0 Å². The number of hydrogen-bond donors (Lipinski definition) is 1. The lowest BCUT2D eigenvalue weighted by Gasteiger charge is -2.18. The molecule has 110 valence electrons. The Balaban J connectivity index is 1.95. The summed E-state index contributed by atoms with van der Waals surface area (Å²) in [7, 11) is 0. The number of rotatable bonds is 4. The molecule has 0 bridgehead atoms. The van der Waals surface area contributed by atoms with Crippen LogP contribution in [-0.4, -0.2) is 29.8 Å². The van der Waals surface area contributed by atoms with E-state index in [4.69, 9.17) is 5.26 Å². The Hall–Kier alpha value is -2.35. The Morgan fingerprint density at radius 2 is 2.10 bits per heavy atom. The molecule has 5 heteroatoms. The average molecular weight is 285 g/mol. The molecule has 0 unspecified atom stereocenters. The monoisotopic (exact) mass is 285 g/mol. The molecule has 1 aromatic carbocycles. The summed E-state index contributed by atoms with van der Waals surface area (Å²) in [6.45, 7) is 5.29. The van der Waals surface area contributed by atoms with E-state index in [0.717, 1.165) is 0 Å². The molecule has 0 radical (unpaired) electrons. The van der Waals surface area contributed by atoms with E-state index in [2.05, 4.69) is 19.2 Å². The van der Waals surface area contributed by atoms with Crippen molar-refractivity contribution >= 4 is 17.5 Å². The van der Waals surface area contributed by atoms with Crippen molar-refractivity contribution in [2.45, 2.75) is 20.3 Å². The van der Waals surface area contributed by atoms with Crippen LogP contribution in [0.5, 0.6) is 0 Å². The van der Waals surface area contributed by atoms with Gasteiger partial charge in [-0.1, -0.05) is 13.8 Å². The minimum Gasteiger partial charge on any atom is -0.342 e. The van der Waals surface area contributed by atoms with E-state index in [1.54, 1.807) is 29.2 Å². The highest BCUT2D eigenvalue weighted by Gasteiger charge is 2.34. The number of carbonyl (C=O) groups excluding carboxylic acids is 2. The molecule has 1 N–H and O–H groups in total. The summed E-state index contributed by atoms with van der Waals surface area (Å²) >= 11 is 0. The van der Waals surface area contributed by atoms with Crippen molar-refractivity contribution in [1.29, 1.82) is 5.26 Å². The minimum absolute atomic E-state index is 0.0451. The van der Waals surface area contributed by atoms with Crippen LogP contribution in [0.1, 0.15) is 25.8 Å². The largest absolute Gasteiger partial charge is 0.342 e. The molecule has 0 spiro atoms. The molecule has 2 rings (SSSR count). The first-order valence-electron chi connectivity index (χ1n) is 7.08. The number of likely N-dealkylation sites (tertiary alicyclic amines) is 1. The van der Waals surface area contributed by atoms with Crippen molar-refractivity contribution in [3.8, 4) is 6.07 Å². The number of hydrogen-bond acceptors (Lipinski definition) is 3. The molecule has 1 aliphatic rings. The predicted molar refractivity (Wildman–Crippen MR) is 79.3 cm³/mol. The summed E-state index contributed by atoms with van der Waals surface area (Å²) in [4.78, 5) is 25.8. The fraction of sp³-hybridized carbons (Fsp3) is 0.438. The first kappa shape index (κ1) is 15.0. The van der Waals surface area contributed by atoms with Crippen molar-refractivity contribution in [3.63, 3.8) is 0 Å². The maximum absolute atomic E-state index is 12.2. The fourth-order valence-corrected chi connectivity index (χ4v) is 2.44. The second kappa shape index (κ2) is 6.40. The van der Waals surface area contributed by atoms with E-state index in [1.807, 2.05) is 6.07 Å². The standard InChI is InChI=1S/C16H19N3O2/c1-11(2)9-19-10-13(7-15(19)20)16(21)18-14-5-3-12(8-17)4-6-14/h3-6,11,13H,7,9-10H2,1-2H3,(H,18,21)/t13-/m0/s1. The van der Waals surface area contributed by atoms with Gasteiger partial charge in [-0.05, 0) is 30.2 Å². The molecule has 5 nitrogen and oxygen atoms in total. The van der Waals surface area contributed by atoms with Gasteiger partial charge < -0.3 is 10.2 Å². The molecule has 21 heavy (non-hydrogen) atoms. The molecular weight excluding hydrogens is 266 g/mol. The SMILES string of the molecule is CC(C)CN1C[C@@H](C(=O)Nc2ccc(C#N)cc2)CC1=O. The molecule has 0 saturated carbocycles. The van der Waals surface area contributed by atoms with Crippen LogP contribution in [0.4, 0.5) is 5.69 Å². The van der Waals surface area contributed by atoms with Gasteiger partial charge in [-0.3, -0.25) is 9.59 Å². The summed E-state index contributed by atoms with van der Waals surface area (Å²) in [5.41, 5.74) is 1.20. The van der Waals surface area contributed by atoms with E-state index >= 15 is 0 Å². The zero-order valence-corrected chi connectivity index (χ0v) is 12.3. The third-order valence-corrected chi connectivity index (χ3v) is 3.45. The van der Waals surface area contributed by atoms with Gasteiger partial charge in [-0.15, -0.1) is 0 Å². The number of carbonyl (C=O) groups is 2. The predicted octanol–water partition coefficient (Wildman–Crippen LogP) is 2.00. The molecule has 0 aromatic heterocycles. The Kier molecular flexibility index (Phi) is 4.59. The fourth-order valence-electron chi connectivity index (χ4n) is 2.44. The highest BCUT2D eigenvalue weighted by molar-refractivity contribution is 5.97. The second-order valence-electron chi connectivity index (χ2n) is 5.77. The van der Waals surface area contributed by atoms with Gasteiger partial charge in [0.05, 0.1) is 17.6 Å². The lowest BCUT2D eigenvalue weighted by Crippen LogP contribution is -2.31. The molecule has 1 saturated heterocycles. The Morgan fingerprint density at radius 1 is 1.43 bits per heavy atom. The summed E-state index contributed by atoms with van der Waals surface area (Å²) < 4.78 is 0. The van der Waals surface area contributed by atoms with Crippen molar-refractivity contribution in [2.75, 3.05) is 18.4 Å². The third kappa shape index (κ3) is 3.82. The lowest BCUT2D eigenvalue weighted by atomic mass is 10.1. The van der Waals surface area contributed by atoms with Crippen LogP contribution in [0.2, 0.25) is 0 Å². The second-order valence-corrected chi connectivity index (χ2v) is 5.77. The van der Waals surface area contributed by atoms with E-state index in [9.17, 15) is 9.59 Å². The van der Waals surface area contributed by atoms with Crippen LogP contribution in [0.25, 0.3) is 0 Å². The zero-order valence-electron chi connectivity index (χ0n) is 12.3. The third-order valence-electron chi connectivity index (χ3n) is 3.45. The smallest absolute Gasteiger partial charge is 0.229 e. The molecule has 2 amide bonds. The van der Waals surface area contributed by atoms with Gasteiger partial charge in [-0.25, -0.2) is 0 Å². The molecule has 1 fully saturated rings. The number of nitriles is 1. The quantitative estimate of drug-likeness (QED) is 0.919. The van der Waals surface area contributed by atoms with Gasteiger partial charge in [0, 0.05) is 25.2 Å². The maximum atomic E-state index is 12.2. The summed E-state index contributed by atoms with van der Waals surface area (Å²) in [5, 5.41) is 11.5. The van der Waals surface area contributed by atoms with Crippen LogP contribution in [0, 0.1) is 23.2 Å². The molecular formula is C16H19N3O2. The first-order chi connectivity index (χ1) is 9.99. The molecule has 1 aromatic rings. The summed E-state index contributed by atoms with van der Waals surface area (Å²) in [5.74, 6) is 0.00386. The van der Waals surface area contributed by atoms with E-state index < -0.39 is 0 Å². The number of amides is 2. The van der Waals surface area contributed by atoms with Crippen LogP contribution in [0.3, 0.4) is 0 Å². The van der Waals surface area contributed by atoms with Crippen LogP contribution in [0.15, 0.2) is 24.3 Å². The number of benzene rings is 1. The van der Waals surface area contributed by atoms with Gasteiger partial charge >= 0.3 is 0 Å². The lowest BCUT2D eigenvalue weighted by molar-refractivity contribution is -0.128. The van der Waals surface area contributed by atoms with Gasteiger partial charge in [0.15, 0.2) is 0 Å². The van der Waals surface area contributed by atoms with Gasteiger partial charge in [0.25, 0.3) is 0 Å². The molecule has 1 heterocycles.